The molecule has 1 aliphatic carbocycles. The molecule has 21 heavy (non-hydrogen) atoms. The zero-order chi connectivity index (χ0) is 16.1. The van der Waals surface area contributed by atoms with E-state index in [9.17, 15) is 18.0 Å². The number of carbonyl (C=O) groups excluding carboxylic acids is 1. The summed E-state index contributed by atoms with van der Waals surface area (Å²) in [5.41, 5.74) is -0.867. The summed E-state index contributed by atoms with van der Waals surface area (Å²) < 4.78 is 24.3. The maximum absolute atomic E-state index is 12.2. The van der Waals surface area contributed by atoms with Gasteiger partial charge in [0, 0.05) is 5.54 Å². The number of hydrogen-bond acceptors (Lipinski definition) is 4. The van der Waals surface area contributed by atoms with E-state index in [0.717, 1.165) is 12.8 Å². The molecule has 6 nitrogen and oxygen atoms in total. The van der Waals surface area contributed by atoms with Gasteiger partial charge in [-0.25, -0.2) is 8.42 Å². The lowest BCUT2D eigenvalue weighted by Gasteiger charge is -2.31. The third kappa shape index (κ3) is 4.98. The first kappa shape index (κ1) is 17.9. The van der Waals surface area contributed by atoms with E-state index in [1.807, 2.05) is 0 Å². The number of aliphatic carboxylic acids is 1. The number of carboxylic acids is 1. The molecular weight excluding hydrogens is 294 g/mol. The van der Waals surface area contributed by atoms with Crippen molar-refractivity contribution in [1.82, 2.24) is 5.32 Å². The Hall–Kier alpha value is -1.11. The summed E-state index contributed by atoms with van der Waals surface area (Å²) in [6, 6.07) is 0. The zero-order valence-electron chi connectivity index (χ0n) is 12.7. The molecule has 1 rings (SSSR count). The monoisotopic (exact) mass is 319 g/mol. The molecule has 0 bridgehead atoms. The molecule has 0 aliphatic heterocycles. The fraction of sp³-hybridized carbons (Fsp3) is 0.857. The van der Waals surface area contributed by atoms with Crippen LogP contribution in [0.3, 0.4) is 0 Å². The van der Waals surface area contributed by atoms with Gasteiger partial charge in [0.2, 0.25) is 5.91 Å². The van der Waals surface area contributed by atoms with Crippen molar-refractivity contribution in [1.29, 1.82) is 0 Å². The number of carbonyl (C=O) groups is 2. The molecule has 1 amide bonds. The lowest BCUT2D eigenvalue weighted by Crippen LogP contribution is -2.51. The second-order valence-corrected chi connectivity index (χ2v) is 8.10. The summed E-state index contributed by atoms with van der Waals surface area (Å²) in [5, 5.41) is 11.2. The Balaban J connectivity index is 2.71. The van der Waals surface area contributed by atoms with Gasteiger partial charge in [0.25, 0.3) is 0 Å². The van der Waals surface area contributed by atoms with Crippen LogP contribution in [-0.4, -0.2) is 41.9 Å². The normalized spacial score (nSPS) is 16.9. The van der Waals surface area contributed by atoms with Crippen LogP contribution in [0.2, 0.25) is 0 Å². The van der Waals surface area contributed by atoms with Crippen LogP contribution in [0, 0.1) is 0 Å². The van der Waals surface area contributed by atoms with Gasteiger partial charge in [0.05, 0.1) is 11.7 Å². The van der Waals surface area contributed by atoms with Gasteiger partial charge in [0.1, 0.15) is 5.75 Å². The summed E-state index contributed by atoms with van der Waals surface area (Å²) in [5.74, 6) is -2.14. The van der Waals surface area contributed by atoms with E-state index in [2.05, 4.69) is 5.32 Å². The molecule has 0 radical (unpaired) electrons. The average Bonchev–Trinajstić information content (AvgIpc) is 2.91. The highest BCUT2D eigenvalue weighted by atomic mass is 32.2. The Labute approximate surface area is 126 Å². The van der Waals surface area contributed by atoms with E-state index in [1.54, 1.807) is 13.8 Å². The van der Waals surface area contributed by atoms with Crippen LogP contribution >= 0.6 is 0 Å². The SMILES string of the molecule is CCC(CC)(CC(=O)O)NC(=O)CS(=O)(=O)C1CCCC1. The number of hydrogen-bond donors (Lipinski definition) is 2. The van der Waals surface area contributed by atoms with Crippen LogP contribution in [0.25, 0.3) is 0 Å². The molecule has 122 valence electrons. The van der Waals surface area contributed by atoms with E-state index in [1.165, 1.54) is 0 Å². The molecule has 0 heterocycles. The minimum atomic E-state index is -3.44. The largest absolute Gasteiger partial charge is 0.481 e. The Morgan fingerprint density at radius 1 is 1.19 bits per heavy atom. The first-order chi connectivity index (χ1) is 9.74. The number of rotatable bonds is 8. The molecule has 2 N–H and O–H groups in total. The van der Waals surface area contributed by atoms with E-state index >= 15 is 0 Å². The molecule has 1 saturated carbocycles. The van der Waals surface area contributed by atoms with Gasteiger partial charge in [-0.3, -0.25) is 9.59 Å². The van der Waals surface area contributed by atoms with Gasteiger partial charge < -0.3 is 10.4 Å². The quantitative estimate of drug-likeness (QED) is 0.706. The molecule has 0 atom stereocenters. The molecule has 0 unspecified atom stereocenters. The van der Waals surface area contributed by atoms with Crippen molar-refractivity contribution in [2.45, 2.75) is 69.6 Å². The molecule has 1 fully saturated rings. The highest BCUT2D eigenvalue weighted by Crippen LogP contribution is 2.25. The number of nitrogens with one attached hydrogen (secondary N) is 1. The van der Waals surface area contributed by atoms with Gasteiger partial charge in [-0.2, -0.15) is 0 Å². The van der Waals surface area contributed by atoms with E-state index in [-0.39, 0.29) is 6.42 Å². The van der Waals surface area contributed by atoms with Crippen molar-refractivity contribution in [3.05, 3.63) is 0 Å². The van der Waals surface area contributed by atoms with Crippen LogP contribution in [0.15, 0.2) is 0 Å². The van der Waals surface area contributed by atoms with Crippen LogP contribution in [0.1, 0.15) is 58.8 Å². The third-order valence-electron chi connectivity index (χ3n) is 4.39. The Kier molecular flexibility index (Phi) is 6.19. The molecule has 0 saturated heterocycles. The lowest BCUT2D eigenvalue weighted by molar-refractivity contribution is -0.139. The van der Waals surface area contributed by atoms with Crippen LogP contribution in [0.5, 0.6) is 0 Å². The van der Waals surface area contributed by atoms with E-state index in [4.69, 9.17) is 5.11 Å². The van der Waals surface area contributed by atoms with Crippen molar-refractivity contribution in [3.8, 4) is 0 Å². The molecule has 0 aromatic carbocycles. The molecular formula is C14H25NO5S. The molecule has 0 aromatic rings. The number of amides is 1. The van der Waals surface area contributed by atoms with Gasteiger partial charge >= 0.3 is 5.97 Å². The van der Waals surface area contributed by atoms with Crippen LogP contribution < -0.4 is 5.32 Å². The average molecular weight is 319 g/mol. The van der Waals surface area contributed by atoms with Crippen molar-refractivity contribution in [3.63, 3.8) is 0 Å². The molecule has 1 aliphatic rings. The van der Waals surface area contributed by atoms with Gasteiger partial charge in [-0.1, -0.05) is 26.7 Å². The third-order valence-corrected chi connectivity index (χ3v) is 6.54. The van der Waals surface area contributed by atoms with Crippen molar-refractivity contribution in [2.75, 3.05) is 5.75 Å². The summed E-state index contributed by atoms with van der Waals surface area (Å²) in [4.78, 5) is 23.0. The summed E-state index contributed by atoms with van der Waals surface area (Å²) in [7, 11) is -3.44. The predicted octanol–water partition coefficient (Wildman–Crippen LogP) is 1.49. The Morgan fingerprint density at radius 2 is 1.71 bits per heavy atom. The summed E-state index contributed by atoms with van der Waals surface area (Å²) >= 11 is 0. The van der Waals surface area contributed by atoms with E-state index < -0.39 is 38.3 Å². The number of carboxylic acid groups (broad SMARTS) is 1. The highest BCUT2D eigenvalue weighted by Gasteiger charge is 2.35. The van der Waals surface area contributed by atoms with Gasteiger partial charge in [0.15, 0.2) is 9.84 Å². The fourth-order valence-electron chi connectivity index (χ4n) is 2.89. The Morgan fingerprint density at radius 3 is 2.14 bits per heavy atom. The summed E-state index contributed by atoms with van der Waals surface area (Å²) in [6.45, 7) is 3.58. The second kappa shape index (κ2) is 7.24. The fourth-order valence-corrected chi connectivity index (χ4v) is 4.62. The maximum atomic E-state index is 12.2. The minimum absolute atomic E-state index is 0.199. The highest BCUT2D eigenvalue weighted by molar-refractivity contribution is 7.92. The Bertz CT molecular complexity index is 476. The number of sulfone groups is 1. The standard InChI is InChI=1S/C14H25NO5S/c1-3-14(4-2,9-13(17)18)15-12(16)10-21(19,20)11-7-5-6-8-11/h11H,3-10H2,1-2H3,(H,15,16)(H,17,18). The molecule has 0 aromatic heterocycles. The maximum Gasteiger partial charge on any atom is 0.305 e. The van der Waals surface area contributed by atoms with Gasteiger partial charge in [-0.05, 0) is 25.7 Å². The topological polar surface area (TPSA) is 101 Å². The molecule has 7 heteroatoms. The first-order valence-electron chi connectivity index (χ1n) is 7.49. The van der Waals surface area contributed by atoms with Gasteiger partial charge in [-0.15, -0.1) is 0 Å². The minimum Gasteiger partial charge on any atom is -0.481 e. The van der Waals surface area contributed by atoms with Crippen molar-refractivity contribution < 1.29 is 23.1 Å². The predicted molar refractivity (Wildman–Crippen MR) is 79.8 cm³/mol. The van der Waals surface area contributed by atoms with Crippen LogP contribution in [0.4, 0.5) is 0 Å². The zero-order valence-corrected chi connectivity index (χ0v) is 13.5. The summed E-state index contributed by atoms with van der Waals surface area (Å²) in [6.07, 6.45) is 3.72. The van der Waals surface area contributed by atoms with Crippen LogP contribution in [-0.2, 0) is 19.4 Å². The smallest absolute Gasteiger partial charge is 0.305 e. The van der Waals surface area contributed by atoms with E-state index in [0.29, 0.717) is 25.7 Å². The van der Waals surface area contributed by atoms with Crippen molar-refractivity contribution in [2.24, 2.45) is 0 Å². The van der Waals surface area contributed by atoms with Crippen molar-refractivity contribution >= 4 is 21.7 Å². The second-order valence-electron chi connectivity index (χ2n) is 5.82. The molecule has 0 spiro atoms. The lowest BCUT2D eigenvalue weighted by atomic mass is 9.89. The first-order valence-corrected chi connectivity index (χ1v) is 9.20.